The first-order valence-corrected chi connectivity index (χ1v) is 7.71. The maximum absolute atomic E-state index is 5.87. The fourth-order valence-electron chi connectivity index (χ4n) is 2.52. The van der Waals surface area contributed by atoms with Gasteiger partial charge in [0.15, 0.2) is 17.3 Å². The topological polar surface area (TPSA) is 121 Å². The van der Waals surface area contributed by atoms with Crippen molar-refractivity contribution in [2.24, 2.45) is 0 Å². The number of fused-ring (bicyclic) bond motifs is 1. The van der Waals surface area contributed by atoms with Crippen molar-refractivity contribution in [3.8, 4) is 11.5 Å². The van der Waals surface area contributed by atoms with Crippen molar-refractivity contribution in [2.45, 2.75) is 13.1 Å². The van der Waals surface area contributed by atoms with Gasteiger partial charge in [0.25, 0.3) is 0 Å². The summed E-state index contributed by atoms with van der Waals surface area (Å²) in [6.45, 7) is 1.24. The molecule has 0 unspecified atom stereocenters. The first-order valence-electron chi connectivity index (χ1n) is 7.71. The van der Waals surface area contributed by atoms with E-state index in [9.17, 15) is 0 Å². The van der Waals surface area contributed by atoms with Crippen LogP contribution in [0, 0.1) is 0 Å². The summed E-state index contributed by atoms with van der Waals surface area (Å²) in [7, 11) is 3.23. The summed E-state index contributed by atoms with van der Waals surface area (Å²) >= 11 is 0. The van der Waals surface area contributed by atoms with Crippen LogP contribution in [0.5, 0.6) is 11.5 Å². The number of anilines is 2. The summed E-state index contributed by atoms with van der Waals surface area (Å²) in [6, 6.07) is 9.53. The lowest BCUT2D eigenvalue weighted by Gasteiger charge is -2.10. The van der Waals surface area contributed by atoms with E-state index in [-0.39, 0.29) is 11.8 Å². The van der Waals surface area contributed by atoms with Crippen LogP contribution >= 0.6 is 0 Å². The van der Waals surface area contributed by atoms with E-state index in [2.05, 4.69) is 20.3 Å². The molecule has 0 saturated heterocycles. The molecule has 0 radical (unpaired) electrons. The number of aromatic nitrogens is 3. The maximum Gasteiger partial charge on any atom is 0.222 e. The molecule has 0 fully saturated rings. The van der Waals surface area contributed by atoms with Gasteiger partial charge in [-0.15, -0.1) is 0 Å². The third kappa shape index (κ3) is 3.69. The van der Waals surface area contributed by atoms with Gasteiger partial charge < -0.3 is 26.3 Å². The Morgan fingerprint density at radius 1 is 0.920 bits per heavy atom. The second-order valence-corrected chi connectivity index (χ2v) is 5.43. The fourth-order valence-corrected chi connectivity index (χ4v) is 2.52. The van der Waals surface area contributed by atoms with Crippen LogP contribution in [0.4, 0.5) is 11.8 Å². The number of rotatable bonds is 6. The Balaban J connectivity index is 1.69. The van der Waals surface area contributed by atoms with Crippen LogP contribution in [-0.2, 0) is 13.1 Å². The zero-order valence-electron chi connectivity index (χ0n) is 14.1. The van der Waals surface area contributed by atoms with E-state index in [1.54, 1.807) is 14.2 Å². The second-order valence-electron chi connectivity index (χ2n) is 5.43. The molecule has 5 N–H and O–H groups in total. The van der Waals surface area contributed by atoms with Crippen molar-refractivity contribution >= 4 is 22.8 Å². The Morgan fingerprint density at radius 3 is 2.48 bits per heavy atom. The highest BCUT2D eigenvalue weighted by atomic mass is 16.5. The highest BCUT2D eigenvalue weighted by Crippen LogP contribution is 2.27. The first-order chi connectivity index (χ1) is 12.1. The van der Waals surface area contributed by atoms with E-state index < -0.39 is 0 Å². The Hall–Kier alpha value is -3.13. The SMILES string of the molecule is COc1ccc(CNCc2ccc3nc(N)nc(N)c3n2)cc1OC. The van der Waals surface area contributed by atoms with Crippen molar-refractivity contribution in [3.63, 3.8) is 0 Å². The van der Waals surface area contributed by atoms with Gasteiger partial charge in [-0.3, -0.25) is 0 Å². The number of nitrogens with zero attached hydrogens (tertiary/aromatic N) is 3. The third-order valence-electron chi connectivity index (χ3n) is 3.73. The van der Waals surface area contributed by atoms with Crippen molar-refractivity contribution in [1.82, 2.24) is 20.3 Å². The Morgan fingerprint density at radius 2 is 1.72 bits per heavy atom. The molecule has 25 heavy (non-hydrogen) atoms. The molecule has 0 amide bonds. The number of nitrogens with two attached hydrogens (primary N) is 2. The average molecular weight is 340 g/mol. The summed E-state index contributed by atoms with van der Waals surface area (Å²) in [5.41, 5.74) is 14.6. The Bertz CT molecular complexity index is 900. The van der Waals surface area contributed by atoms with E-state index in [0.717, 1.165) is 11.3 Å². The smallest absolute Gasteiger partial charge is 0.222 e. The van der Waals surface area contributed by atoms with Crippen LogP contribution in [-0.4, -0.2) is 29.2 Å². The van der Waals surface area contributed by atoms with Crippen molar-refractivity contribution < 1.29 is 9.47 Å². The molecule has 0 saturated carbocycles. The van der Waals surface area contributed by atoms with Crippen LogP contribution in [0.15, 0.2) is 30.3 Å². The van der Waals surface area contributed by atoms with Gasteiger partial charge in [-0.25, -0.2) is 9.97 Å². The van der Waals surface area contributed by atoms with Crippen molar-refractivity contribution in [3.05, 3.63) is 41.6 Å². The minimum atomic E-state index is 0.145. The molecule has 0 aliphatic heterocycles. The van der Waals surface area contributed by atoms with Crippen LogP contribution in [0.3, 0.4) is 0 Å². The standard InChI is InChI=1S/C17H20N6O2/c1-24-13-6-3-10(7-14(13)25-2)8-20-9-11-4-5-12-15(21-11)16(18)23-17(19)22-12/h3-7,20H,8-9H2,1-2H3,(H4,18,19,22,23). The molecule has 0 aliphatic carbocycles. The molecule has 0 bridgehead atoms. The lowest BCUT2D eigenvalue weighted by atomic mass is 10.2. The fraction of sp³-hybridized carbons (Fsp3) is 0.235. The normalized spacial score (nSPS) is 10.8. The molecule has 8 heteroatoms. The number of ether oxygens (including phenoxy) is 2. The maximum atomic E-state index is 5.87. The van der Waals surface area contributed by atoms with Gasteiger partial charge in [0.1, 0.15) is 5.52 Å². The van der Waals surface area contributed by atoms with E-state index in [1.165, 1.54) is 0 Å². The van der Waals surface area contributed by atoms with Crippen LogP contribution in [0.25, 0.3) is 11.0 Å². The van der Waals surface area contributed by atoms with Crippen LogP contribution < -0.4 is 26.3 Å². The number of nitrogen functional groups attached to an aromatic ring is 2. The molecule has 2 heterocycles. The number of nitrogens with one attached hydrogen (secondary N) is 1. The molecule has 130 valence electrons. The van der Waals surface area contributed by atoms with E-state index in [1.807, 2.05) is 30.3 Å². The van der Waals surface area contributed by atoms with Gasteiger partial charge in [-0.05, 0) is 29.8 Å². The zero-order valence-corrected chi connectivity index (χ0v) is 14.1. The van der Waals surface area contributed by atoms with Gasteiger partial charge in [0.2, 0.25) is 5.95 Å². The first kappa shape index (κ1) is 16.7. The summed E-state index contributed by atoms with van der Waals surface area (Å²) in [5.74, 6) is 1.83. The summed E-state index contributed by atoms with van der Waals surface area (Å²) < 4.78 is 10.5. The number of hydrogen-bond donors (Lipinski definition) is 3. The Labute approximate surface area is 145 Å². The van der Waals surface area contributed by atoms with Crippen LogP contribution in [0.1, 0.15) is 11.3 Å². The summed E-state index contributed by atoms with van der Waals surface area (Å²) in [5, 5.41) is 3.34. The number of methoxy groups -OCH3 is 2. The van der Waals surface area contributed by atoms with Gasteiger partial charge in [-0.2, -0.15) is 4.98 Å². The number of pyridine rings is 1. The molecule has 3 rings (SSSR count). The van der Waals surface area contributed by atoms with Gasteiger partial charge in [0, 0.05) is 13.1 Å². The minimum absolute atomic E-state index is 0.145. The van der Waals surface area contributed by atoms with Gasteiger partial charge >= 0.3 is 0 Å². The molecule has 1 aromatic carbocycles. The van der Waals surface area contributed by atoms with Gasteiger partial charge in [-0.1, -0.05) is 6.07 Å². The molecule has 8 nitrogen and oxygen atoms in total. The molecule has 0 atom stereocenters. The Kier molecular flexibility index (Phi) is 4.80. The monoisotopic (exact) mass is 340 g/mol. The summed E-state index contributed by atoms with van der Waals surface area (Å²) in [6.07, 6.45) is 0. The van der Waals surface area contributed by atoms with E-state index >= 15 is 0 Å². The zero-order chi connectivity index (χ0) is 17.8. The molecule has 2 aromatic heterocycles. The quantitative estimate of drug-likeness (QED) is 0.617. The number of benzene rings is 1. The summed E-state index contributed by atoms with van der Waals surface area (Å²) in [4.78, 5) is 12.6. The minimum Gasteiger partial charge on any atom is -0.493 e. The molecular formula is C17H20N6O2. The predicted octanol–water partition coefficient (Wildman–Crippen LogP) is 1.50. The second kappa shape index (κ2) is 7.18. The highest BCUT2D eigenvalue weighted by Gasteiger charge is 2.07. The van der Waals surface area contributed by atoms with Crippen molar-refractivity contribution in [1.29, 1.82) is 0 Å². The third-order valence-corrected chi connectivity index (χ3v) is 3.73. The van der Waals surface area contributed by atoms with E-state index in [4.69, 9.17) is 20.9 Å². The van der Waals surface area contributed by atoms with Gasteiger partial charge in [0.05, 0.1) is 25.4 Å². The molecule has 3 aromatic rings. The average Bonchev–Trinajstić information content (AvgIpc) is 2.62. The highest BCUT2D eigenvalue weighted by molar-refractivity contribution is 5.84. The molecule has 0 aliphatic rings. The van der Waals surface area contributed by atoms with Crippen LogP contribution in [0.2, 0.25) is 0 Å². The molecular weight excluding hydrogens is 320 g/mol. The van der Waals surface area contributed by atoms with Crippen molar-refractivity contribution in [2.75, 3.05) is 25.7 Å². The van der Waals surface area contributed by atoms with E-state index in [0.29, 0.717) is 35.6 Å². The predicted molar refractivity (Wildman–Crippen MR) is 96.2 cm³/mol. The number of hydrogen-bond acceptors (Lipinski definition) is 8. The molecule has 0 spiro atoms. The lowest BCUT2D eigenvalue weighted by molar-refractivity contribution is 0.354. The largest absolute Gasteiger partial charge is 0.493 e. The lowest BCUT2D eigenvalue weighted by Crippen LogP contribution is -2.14.